The Balaban J connectivity index is 1.86. The van der Waals surface area contributed by atoms with Gasteiger partial charge in [-0.25, -0.2) is 0 Å². The molecule has 0 spiro atoms. The average molecular weight is 296 g/mol. The van der Waals surface area contributed by atoms with Crippen molar-refractivity contribution in [2.75, 3.05) is 19.7 Å². The van der Waals surface area contributed by atoms with E-state index >= 15 is 0 Å². The van der Waals surface area contributed by atoms with Gasteiger partial charge in [0.25, 0.3) is 0 Å². The lowest BCUT2D eigenvalue weighted by Gasteiger charge is -2.29. The highest BCUT2D eigenvalue weighted by atomic mass is 16.5. The summed E-state index contributed by atoms with van der Waals surface area (Å²) in [5.41, 5.74) is -0.764. The Morgan fingerprint density at radius 2 is 1.95 bits per heavy atom. The lowest BCUT2D eigenvalue weighted by Crippen LogP contribution is -2.51. The second-order valence-corrected chi connectivity index (χ2v) is 5.96. The van der Waals surface area contributed by atoms with Crippen LogP contribution in [0.1, 0.15) is 40.0 Å². The number of likely N-dealkylation sites (N-methyl/N-ethyl adjacent to an activating group) is 1. The number of amides is 2. The number of hydrogen-bond acceptors (Lipinski definition) is 5. The van der Waals surface area contributed by atoms with E-state index in [4.69, 9.17) is 4.74 Å². The summed E-state index contributed by atoms with van der Waals surface area (Å²) in [7, 11) is 0. The number of nitrogens with zero attached hydrogens (tertiary/aromatic N) is 1. The van der Waals surface area contributed by atoms with Crippen molar-refractivity contribution in [3.8, 4) is 0 Å². The van der Waals surface area contributed by atoms with Crippen molar-refractivity contribution >= 4 is 17.8 Å². The van der Waals surface area contributed by atoms with Crippen LogP contribution in [0.4, 0.5) is 0 Å². The van der Waals surface area contributed by atoms with Crippen molar-refractivity contribution in [2.45, 2.75) is 45.6 Å². The fourth-order valence-electron chi connectivity index (χ4n) is 3.00. The molecule has 3 unspecified atom stereocenters. The van der Waals surface area contributed by atoms with E-state index in [1.165, 1.54) is 4.90 Å². The lowest BCUT2D eigenvalue weighted by molar-refractivity contribution is -0.150. The smallest absolute Gasteiger partial charge is 0.326 e. The third kappa shape index (κ3) is 3.10. The van der Waals surface area contributed by atoms with Crippen LogP contribution >= 0.6 is 0 Å². The molecule has 1 aliphatic heterocycles. The molecule has 3 atom stereocenters. The minimum atomic E-state index is -0.764. The van der Waals surface area contributed by atoms with Gasteiger partial charge in [0.05, 0.1) is 18.4 Å². The topological polar surface area (TPSA) is 75.7 Å². The molecule has 1 saturated carbocycles. The van der Waals surface area contributed by atoms with Crippen LogP contribution in [-0.4, -0.2) is 47.9 Å². The first kappa shape index (κ1) is 15.9. The van der Waals surface area contributed by atoms with Crippen molar-refractivity contribution in [3.63, 3.8) is 0 Å². The van der Waals surface area contributed by atoms with Gasteiger partial charge in [0.2, 0.25) is 11.8 Å². The van der Waals surface area contributed by atoms with Gasteiger partial charge in [-0.15, -0.1) is 0 Å². The SMILES string of the molecule is CCNC(C)(CCCN1C(=O)C2CC2C1=O)C(=O)OCC. The molecule has 21 heavy (non-hydrogen) atoms. The minimum Gasteiger partial charge on any atom is -0.465 e. The fourth-order valence-corrected chi connectivity index (χ4v) is 3.00. The van der Waals surface area contributed by atoms with Crippen molar-refractivity contribution in [3.05, 3.63) is 0 Å². The van der Waals surface area contributed by atoms with Gasteiger partial charge in [-0.2, -0.15) is 0 Å². The van der Waals surface area contributed by atoms with Gasteiger partial charge in [-0.1, -0.05) is 6.92 Å². The molecule has 0 radical (unpaired) electrons. The number of likely N-dealkylation sites (tertiary alicyclic amines) is 1. The normalized spacial score (nSPS) is 26.5. The van der Waals surface area contributed by atoms with E-state index in [-0.39, 0.29) is 29.6 Å². The molecule has 0 bridgehead atoms. The second-order valence-electron chi connectivity index (χ2n) is 5.96. The zero-order valence-corrected chi connectivity index (χ0v) is 13.0. The van der Waals surface area contributed by atoms with Crippen LogP contribution in [0.25, 0.3) is 0 Å². The molecule has 6 nitrogen and oxygen atoms in total. The number of rotatable bonds is 8. The molecule has 2 amide bonds. The van der Waals surface area contributed by atoms with Gasteiger partial charge in [0.15, 0.2) is 0 Å². The number of piperidine rings is 1. The Hall–Kier alpha value is -1.43. The van der Waals surface area contributed by atoms with E-state index in [0.717, 1.165) is 6.42 Å². The predicted octanol–water partition coefficient (Wildman–Crippen LogP) is 0.703. The minimum absolute atomic E-state index is 0.0358. The second kappa shape index (κ2) is 6.13. The fraction of sp³-hybridized carbons (Fsp3) is 0.800. The zero-order chi connectivity index (χ0) is 15.6. The van der Waals surface area contributed by atoms with Gasteiger partial charge in [-0.05, 0) is 39.7 Å². The van der Waals surface area contributed by atoms with Crippen LogP contribution < -0.4 is 5.32 Å². The Bertz CT molecular complexity index is 431. The summed E-state index contributed by atoms with van der Waals surface area (Å²) in [4.78, 5) is 37.1. The van der Waals surface area contributed by atoms with Crippen LogP contribution in [0.3, 0.4) is 0 Å². The van der Waals surface area contributed by atoms with Crippen molar-refractivity contribution < 1.29 is 19.1 Å². The molecule has 1 aliphatic carbocycles. The molecule has 0 aromatic carbocycles. The highest BCUT2D eigenvalue weighted by Gasteiger charge is 2.58. The summed E-state index contributed by atoms with van der Waals surface area (Å²) in [6.07, 6.45) is 1.86. The van der Waals surface area contributed by atoms with Gasteiger partial charge < -0.3 is 10.1 Å². The summed E-state index contributed by atoms with van der Waals surface area (Å²) in [5.74, 6) is -0.461. The maximum absolute atomic E-state index is 12.0. The van der Waals surface area contributed by atoms with Crippen LogP contribution in [0.2, 0.25) is 0 Å². The Morgan fingerprint density at radius 3 is 2.48 bits per heavy atom. The third-order valence-corrected chi connectivity index (χ3v) is 4.31. The van der Waals surface area contributed by atoms with Gasteiger partial charge in [0, 0.05) is 6.54 Å². The number of fused-ring (bicyclic) bond motifs is 1. The van der Waals surface area contributed by atoms with Crippen LogP contribution in [0.15, 0.2) is 0 Å². The van der Waals surface area contributed by atoms with E-state index in [2.05, 4.69) is 5.32 Å². The molecule has 1 heterocycles. The third-order valence-electron chi connectivity index (χ3n) is 4.31. The predicted molar refractivity (Wildman–Crippen MR) is 76.3 cm³/mol. The Morgan fingerprint density at radius 1 is 1.33 bits per heavy atom. The van der Waals surface area contributed by atoms with Gasteiger partial charge in [0.1, 0.15) is 5.54 Å². The largest absolute Gasteiger partial charge is 0.465 e. The first-order valence-electron chi connectivity index (χ1n) is 7.72. The maximum atomic E-state index is 12.0. The van der Waals surface area contributed by atoms with Crippen molar-refractivity contribution in [1.29, 1.82) is 0 Å². The molecule has 0 aromatic heterocycles. The number of nitrogens with one attached hydrogen (secondary N) is 1. The maximum Gasteiger partial charge on any atom is 0.326 e. The Labute approximate surface area is 125 Å². The van der Waals surface area contributed by atoms with Crippen LogP contribution in [0.5, 0.6) is 0 Å². The highest BCUT2D eigenvalue weighted by molar-refractivity contribution is 6.08. The molecular formula is C15H24N2O4. The molecular weight excluding hydrogens is 272 g/mol. The van der Waals surface area contributed by atoms with E-state index in [9.17, 15) is 14.4 Å². The molecule has 2 aliphatic rings. The number of esters is 1. The number of hydrogen-bond donors (Lipinski definition) is 1. The van der Waals surface area contributed by atoms with E-state index in [1.807, 2.05) is 6.92 Å². The van der Waals surface area contributed by atoms with E-state index in [1.54, 1.807) is 13.8 Å². The number of carbonyl (C=O) groups excluding carboxylic acids is 3. The standard InChI is InChI=1S/C15H24N2O4/c1-4-16-15(3,14(20)21-5-2)7-6-8-17-12(18)10-9-11(10)13(17)19/h10-11,16H,4-9H2,1-3H3. The van der Waals surface area contributed by atoms with Crippen LogP contribution in [0, 0.1) is 11.8 Å². The summed E-state index contributed by atoms with van der Waals surface area (Å²) < 4.78 is 5.10. The molecule has 1 N–H and O–H groups in total. The monoisotopic (exact) mass is 296 g/mol. The molecule has 6 heteroatoms. The van der Waals surface area contributed by atoms with Crippen molar-refractivity contribution in [2.24, 2.45) is 11.8 Å². The summed E-state index contributed by atoms with van der Waals surface area (Å²) >= 11 is 0. The highest BCUT2D eigenvalue weighted by Crippen LogP contribution is 2.46. The molecule has 118 valence electrons. The Kier molecular flexibility index (Phi) is 4.66. The number of carbonyl (C=O) groups is 3. The van der Waals surface area contributed by atoms with Crippen LogP contribution in [-0.2, 0) is 19.1 Å². The quantitative estimate of drug-likeness (QED) is 0.527. The average Bonchev–Trinajstić information content (AvgIpc) is 3.19. The molecule has 2 rings (SSSR count). The van der Waals surface area contributed by atoms with Gasteiger partial charge >= 0.3 is 5.97 Å². The molecule has 2 fully saturated rings. The van der Waals surface area contributed by atoms with Crippen molar-refractivity contribution in [1.82, 2.24) is 10.2 Å². The first-order valence-corrected chi connectivity index (χ1v) is 7.72. The number of ether oxygens (including phenoxy) is 1. The number of imide groups is 1. The van der Waals surface area contributed by atoms with E-state index < -0.39 is 5.54 Å². The molecule has 1 saturated heterocycles. The summed E-state index contributed by atoms with van der Waals surface area (Å²) in [6.45, 7) is 6.90. The summed E-state index contributed by atoms with van der Waals surface area (Å²) in [6, 6.07) is 0. The lowest BCUT2D eigenvalue weighted by atomic mass is 9.95. The van der Waals surface area contributed by atoms with Gasteiger partial charge in [-0.3, -0.25) is 19.3 Å². The summed E-state index contributed by atoms with van der Waals surface area (Å²) in [5, 5.41) is 3.15. The molecule has 0 aromatic rings. The zero-order valence-electron chi connectivity index (χ0n) is 13.0. The van der Waals surface area contributed by atoms with E-state index in [0.29, 0.717) is 32.5 Å². The first-order chi connectivity index (χ1) is 9.94.